The molecule has 0 spiro atoms. The van der Waals surface area contributed by atoms with E-state index in [1.54, 1.807) is 7.05 Å². The molecule has 0 atom stereocenters. The number of hydrogen-bond acceptors (Lipinski definition) is 3. The molecule has 0 fully saturated rings. The normalized spacial score (nSPS) is 11.7. The molecule has 0 saturated heterocycles. The third-order valence-corrected chi connectivity index (χ3v) is 4.07. The van der Waals surface area contributed by atoms with E-state index in [0.717, 1.165) is 36.6 Å². The molecule has 6 heteroatoms. The highest BCUT2D eigenvalue weighted by Gasteiger charge is 2.06. The molecule has 25 heavy (non-hydrogen) atoms. The number of aliphatic imine (C=N–C) groups is 1. The lowest BCUT2D eigenvalue weighted by Crippen LogP contribution is -2.39. The standard InChI is InChI=1S/C19H33N5O/c1-6-15(7-2)12-21-19(20-3)22-13-16-9-8-10-17(11-16)23-18(25)14-24(4)5/h8-11,15H,6-7,12-14H2,1-5H3,(H,23,25)(H2,20,21,22). The zero-order valence-corrected chi connectivity index (χ0v) is 16.2. The maximum atomic E-state index is 11.9. The van der Waals surface area contributed by atoms with Gasteiger partial charge < -0.3 is 20.9 Å². The minimum Gasteiger partial charge on any atom is -0.356 e. The van der Waals surface area contributed by atoms with Crippen LogP contribution in [0.4, 0.5) is 5.69 Å². The van der Waals surface area contributed by atoms with Crippen LogP contribution in [0, 0.1) is 5.92 Å². The van der Waals surface area contributed by atoms with Crippen LogP contribution in [-0.4, -0.2) is 51.0 Å². The summed E-state index contributed by atoms with van der Waals surface area (Å²) in [6.45, 7) is 6.37. The molecule has 0 radical (unpaired) electrons. The van der Waals surface area contributed by atoms with Crippen LogP contribution in [0.15, 0.2) is 29.3 Å². The first-order valence-electron chi connectivity index (χ1n) is 8.96. The lowest BCUT2D eigenvalue weighted by atomic mass is 10.0. The largest absolute Gasteiger partial charge is 0.356 e. The van der Waals surface area contributed by atoms with Crippen molar-refractivity contribution in [2.75, 3.05) is 39.5 Å². The van der Waals surface area contributed by atoms with E-state index < -0.39 is 0 Å². The molecule has 0 saturated carbocycles. The van der Waals surface area contributed by atoms with E-state index in [-0.39, 0.29) is 5.91 Å². The van der Waals surface area contributed by atoms with Crippen molar-refractivity contribution in [3.63, 3.8) is 0 Å². The van der Waals surface area contributed by atoms with Gasteiger partial charge in [0, 0.05) is 25.8 Å². The van der Waals surface area contributed by atoms with E-state index in [0.29, 0.717) is 19.0 Å². The molecule has 140 valence electrons. The second-order valence-corrected chi connectivity index (χ2v) is 6.48. The van der Waals surface area contributed by atoms with Crippen LogP contribution in [0.1, 0.15) is 32.3 Å². The van der Waals surface area contributed by atoms with Crippen molar-refractivity contribution in [3.05, 3.63) is 29.8 Å². The third kappa shape index (κ3) is 8.54. The Morgan fingerprint density at radius 2 is 1.92 bits per heavy atom. The summed E-state index contributed by atoms with van der Waals surface area (Å²) in [5, 5.41) is 9.61. The number of benzene rings is 1. The molecule has 0 aliphatic heterocycles. The van der Waals surface area contributed by atoms with Gasteiger partial charge in [-0.2, -0.15) is 0 Å². The van der Waals surface area contributed by atoms with Crippen molar-refractivity contribution in [2.24, 2.45) is 10.9 Å². The molecule has 1 amide bonds. The number of nitrogens with zero attached hydrogens (tertiary/aromatic N) is 2. The van der Waals surface area contributed by atoms with Crippen molar-refractivity contribution in [1.82, 2.24) is 15.5 Å². The summed E-state index contributed by atoms with van der Waals surface area (Å²) in [5.41, 5.74) is 1.90. The first kappa shape index (κ1) is 21.0. The van der Waals surface area contributed by atoms with Crippen molar-refractivity contribution >= 4 is 17.6 Å². The minimum atomic E-state index is -0.0160. The smallest absolute Gasteiger partial charge is 0.238 e. The number of guanidine groups is 1. The van der Waals surface area contributed by atoms with Crippen molar-refractivity contribution < 1.29 is 4.79 Å². The summed E-state index contributed by atoms with van der Waals surface area (Å²) in [6, 6.07) is 7.86. The Bertz CT molecular complexity index is 553. The fraction of sp³-hybridized carbons (Fsp3) is 0.579. The van der Waals surface area contributed by atoms with Gasteiger partial charge in [0.1, 0.15) is 0 Å². The van der Waals surface area contributed by atoms with E-state index in [4.69, 9.17) is 0 Å². The van der Waals surface area contributed by atoms with Gasteiger partial charge in [0.2, 0.25) is 5.91 Å². The maximum absolute atomic E-state index is 11.9. The van der Waals surface area contributed by atoms with Crippen molar-refractivity contribution in [1.29, 1.82) is 0 Å². The van der Waals surface area contributed by atoms with Gasteiger partial charge in [-0.15, -0.1) is 0 Å². The fourth-order valence-electron chi connectivity index (χ4n) is 2.47. The first-order chi connectivity index (χ1) is 12.0. The highest BCUT2D eigenvalue weighted by molar-refractivity contribution is 5.92. The molecule has 0 unspecified atom stereocenters. The Labute approximate surface area is 152 Å². The fourth-order valence-corrected chi connectivity index (χ4v) is 2.47. The summed E-state index contributed by atoms with van der Waals surface area (Å²) >= 11 is 0. The molecular weight excluding hydrogens is 314 g/mol. The number of carbonyl (C=O) groups is 1. The monoisotopic (exact) mass is 347 g/mol. The summed E-state index contributed by atoms with van der Waals surface area (Å²) in [5.74, 6) is 1.44. The van der Waals surface area contributed by atoms with Crippen LogP contribution in [0.3, 0.4) is 0 Å². The Morgan fingerprint density at radius 3 is 2.52 bits per heavy atom. The molecule has 3 N–H and O–H groups in total. The predicted molar refractivity (Wildman–Crippen MR) is 106 cm³/mol. The van der Waals surface area contributed by atoms with Gasteiger partial charge in [-0.05, 0) is 37.7 Å². The van der Waals surface area contributed by atoms with E-state index in [1.807, 2.05) is 43.3 Å². The second-order valence-electron chi connectivity index (χ2n) is 6.48. The molecule has 0 aliphatic carbocycles. The summed E-state index contributed by atoms with van der Waals surface area (Å²) in [4.78, 5) is 18.0. The van der Waals surface area contributed by atoms with Gasteiger partial charge in [-0.25, -0.2) is 0 Å². The molecule has 1 aromatic carbocycles. The molecule has 0 heterocycles. The number of likely N-dealkylation sites (N-methyl/N-ethyl adjacent to an activating group) is 1. The molecule has 0 bridgehead atoms. The highest BCUT2D eigenvalue weighted by Crippen LogP contribution is 2.10. The predicted octanol–water partition coefficient (Wildman–Crippen LogP) is 2.29. The van der Waals surface area contributed by atoms with E-state index >= 15 is 0 Å². The maximum Gasteiger partial charge on any atom is 0.238 e. The molecule has 1 aromatic rings. The SMILES string of the molecule is CCC(CC)CNC(=NC)NCc1cccc(NC(=O)CN(C)C)c1. The molecular formula is C19H33N5O. The highest BCUT2D eigenvalue weighted by atomic mass is 16.2. The average Bonchev–Trinajstić information content (AvgIpc) is 2.57. The summed E-state index contributed by atoms with van der Waals surface area (Å²) in [7, 11) is 5.53. The zero-order valence-electron chi connectivity index (χ0n) is 16.2. The zero-order chi connectivity index (χ0) is 18.7. The summed E-state index contributed by atoms with van der Waals surface area (Å²) < 4.78 is 0. The third-order valence-electron chi connectivity index (χ3n) is 4.07. The number of anilines is 1. The quantitative estimate of drug-likeness (QED) is 0.474. The molecule has 1 rings (SSSR count). The number of carbonyl (C=O) groups excluding carboxylic acids is 1. The van der Waals surface area contributed by atoms with Gasteiger partial charge in [-0.3, -0.25) is 9.79 Å². The topological polar surface area (TPSA) is 68.8 Å². The van der Waals surface area contributed by atoms with Gasteiger partial charge in [-0.1, -0.05) is 38.8 Å². The Kier molecular flexibility index (Phi) is 9.62. The second kappa shape index (κ2) is 11.5. The van der Waals surface area contributed by atoms with Crippen LogP contribution in [0.2, 0.25) is 0 Å². The Hall–Kier alpha value is -2.08. The van der Waals surface area contributed by atoms with Gasteiger partial charge in [0.25, 0.3) is 0 Å². The number of hydrogen-bond donors (Lipinski definition) is 3. The van der Waals surface area contributed by atoms with E-state index in [1.165, 1.54) is 0 Å². The van der Waals surface area contributed by atoms with Crippen molar-refractivity contribution in [3.8, 4) is 0 Å². The Balaban J connectivity index is 2.53. The lowest BCUT2D eigenvalue weighted by molar-refractivity contribution is -0.116. The van der Waals surface area contributed by atoms with Gasteiger partial charge in [0.05, 0.1) is 6.54 Å². The molecule has 0 aromatic heterocycles. The van der Waals surface area contributed by atoms with Crippen molar-refractivity contribution in [2.45, 2.75) is 33.2 Å². The number of nitrogens with one attached hydrogen (secondary N) is 3. The first-order valence-corrected chi connectivity index (χ1v) is 8.96. The minimum absolute atomic E-state index is 0.0160. The van der Waals surface area contributed by atoms with Crippen LogP contribution >= 0.6 is 0 Å². The van der Waals surface area contributed by atoms with Gasteiger partial charge >= 0.3 is 0 Å². The van der Waals surface area contributed by atoms with Crippen LogP contribution in [0.25, 0.3) is 0 Å². The average molecular weight is 348 g/mol. The van der Waals surface area contributed by atoms with E-state index in [9.17, 15) is 4.79 Å². The molecule has 6 nitrogen and oxygen atoms in total. The van der Waals surface area contributed by atoms with Crippen LogP contribution < -0.4 is 16.0 Å². The van der Waals surface area contributed by atoms with Crippen LogP contribution in [-0.2, 0) is 11.3 Å². The van der Waals surface area contributed by atoms with Crippen LogP contribution in [0.5, 0.6) is 0 Å². The number of amides is 1. The summed E-state index contributed by atoms with van der Waals surface area (Å²) in [6.07, 6.45) is 2.32. The van der Waals surface area contributed by atoms with E-state index in [2.05, 4.69) is 34.8 Å². The van der Waals surface area contributed by atoms with Gasteiger partial charge in [0.15, 0.2) is 5.96 Å². The Morgan fingerprint density at radius 1 is 1.20 bits per heavy atom. The molecule has 0 aliphatic rings. The number of rotatable bonds is 9. The lowest BCUT2D eigenvalue weighted by Gasteiger charge is -2.17.